The quantitative estimate of drug-likeness (QED) is 0.128. The molecule has 0 radical (unpaired) electrons. The molecule has 21 aromatic rings. The van der Waals surface area contributed by atoms with Crippen molar-refractivity contribution in [1.29, 1.82) is 0 Å². The van der Waals surface area contributed by atoms with Crippen molar-refractivity contribution in [3.63, 3.8) is 0 Å². The first-order valence-corrected chi connectivity index (χ1v) is 35.7. The number of benzene rings is 15. The van der Waals surface area contributed by atoms with E-state index in [1.807, 2.05) is 36.4 Å². The second-order valence-electron chi connectivity index (χ2n) is 26.6. The lowest BCUT2D eigenvalue weighted by Crippen LogP contribution is -2.06. The number of hydrogen-bond donors (Lipinski definition) is 0. The van der Waals surface area contributed by atoms with E-state index in [9.17, 15) is 0 Å². The SMILES string of the molecule is c1ccc(-c2ccc(-c3nc(-c4ccc(-c5ccccc5)cc4)nc(-n4c5ccccc5c5cc6c(cc54)c4ccccc4n6-c4ccccc4)n3)cc2)cc1.c1ccc(-c2cccc(-c3nc(-c4ccccc4)nc(-n4c5ccccc5c5cc6c(cc54)c4ccccc4n6-c4ccccc4)n3)c2)cc1. The Hall–Kier alpha value is -14.5. The lowest BCUT2D eigenvalue weighted by atomic mass is 10.0. The molecule has 10 nitrogen and oxygen atoms in total. The Kier molecular flexibility index (Phi) is 15.0. The Bertz CT molecular complexity index is 6790. The fraction of sp³-hybridized carbons (Fsp3) is 0. The second kappa shape index (κ2) is 25.8. The molecule has 0 saturated heterocycles. The molecule has 496 valence electrons. The summed E-state index contributed by atoms with van der Waals surface area (Å²) in [5, 5.41) is 9.29. The van der Waals surface area contributed by atoms with Gasteiger partial charge in [-0.3, -0.25) is 9.13 Å². The number of nitrogens with zero attached hydrogens (tertiary/aromatic N) is 10. The van der Waals surface area contributed by atoms with Gasteiger partial charge in [-0.05, 0) is 112 Å². The minimum Gasteiger partial charge on any atom is -0.309 e. The van der Waals surface area contributed by atoms with E-state index in [0.717, 1.165) is 111 Å². The molecule has 0 bridgehead atoms. The molecular weight excluding hydrogens is 1290 g/mol. The summed E-state index contributed by atoms with van der Waals surface area (Å²) in [7, 11) is 0. The number of fused-ring (bicyclic) bond motifs is 12. The highest BCUT2D eigenvalue weighted by atomic mass is 15.2. The van der Waals surface area contributed by atoms with Crippen LogP contribution in [0, 0.1) is 0 Å². The van der Waals surface area contributed by atoms with Crippen LogP contribution in [0.2, 0.25) is 0 Å². The van der Waals surface area contributed by atoms with E-state index in [2.05, 4.69) is 358 Å². The van der Waals surface area contributed by atoms with Crippen molar-refractivity contribution in [2.75, 3.05) is 0 Å². The molecule has 0 N–H and O–H groups in total. The van der Waals surface area contributed by atoms with Crippen molar-refractivity contribution >= 4 is 87.2 Å². The third kappa shape index (κ3) is 10.7. The number of rotatable bonds is 11. The highest BCUT2D eigenvalue weighted by Gasteiger charge is 2.24. The Balaban J connectivity index is 0.000000141. The molecule has 10 heteroatoms. The van der Waals surface area contributed by atoms with Gasteiger partial charge in [0.15, 0.2) is 23.3 Å². The fourth-order valence-electron chi connectivity index (χ4n) is 15.4. The predicted molar refractivity (Wildman–Crippen MR) is 435 cm³/mol. The first-order chi connectivity index (χ1) is 52.6. The van der Waals surface area contributed by atoms with Crippen LogP contribution in [0.15, 0.2) is 376 Å². The van der Waals surface area contributed by atoms with Gasteiger partial charge in [-0.25, -0.2) is 9.97 Å². The second-order valence-corrected chi connectivity index (χ2v) is 26.6. The van der Waals surface area contributed by atoms with Crippen LogP contribution in [0.5, 0.6) is 0 Å². The molecule has 6 heterocycles. The lowest BCUT2D eigenvalue weighted by molar-refractivity contribution is 0.953. The summed E-state index contributed by atoms with van der Waals surface area (Å²) in [5.41, 5.74) is 21.7. The zero-order chi connectivity index (χ0) is 70.0. The summed E-state index contributed by atoms with van der Waals surface area (Å²) in [6, 6.07) is 132. The Morgan fingerprint density at radius 1 is 0.142 bits per heavy atom. The van der Waals surface area contributed by atoms with Gasteiger partial charge < -0.3 is 9.13 Å². The topological polar surface area (TPSA) is 97.1 Å². The maximum Gasteiger partial charge on any atom is 0.238 e. The van der Waals surface area contributed by atoms with Gasteiger partial charge in [0.1, 0.15) is 0 Å². The van der Waals surface area contributed by atoms with E-state index in [-0.39, 0.29) is 0 Å². The molecule has 0 aliphatic rings. The molecule has 0 amide bonds. The van der Waals surface area contributed by atoms with Gasteiger partial charge in [0.2, 0.25) is 11.9 Å². The molecule has 0 spiro atoms. The largest absolute Gasteiger partial charge is 0.309 e. The van der Waals surface area contributed by atoms with E-state index in [4.69, 9.17) is 29.9 Å². The summed E-state index contributed by atoms with van der Waals surface area (Å²) in [6.45, 7) is 0. The average molecular weight is 1360 g/mol. The van der Waals surface area contributed by atoms with Crippen LogP contribution >= 0.6 is 0 Å². The molecule has 0 aliphatic carbocycles. The molecule has 6 aromatic heterocycles. The molecule has 0 aliphatic heterocycles. The predicted octanol–water partition coefficient (Wildman–Crippen LogP) is 23.8. The van der Waals surface area contributed by atoms with Crippen molar-refractivity contribution in [3.8, 4) is 102 Å². The molecule has 21 rings (SSSR count). The average Bonchev–Trinajstić information content (AvgIpc) is 1.56. The van der Waals surface area contributed by atoms with Crippen LogP contribution in [-0.4, -0.2) is 48.2 Å². The summed E-state index contributed by atoms with van der Waals surface area (Å²) in [4.78, 5) is 31.2. The maximum atomic E-state index is 5.27. The molecule has 106 heavy (non-hydrogen) atoms. The number of hydrogen-bond acceptors (Lipinski definition) is 6. The van der Waals surface area contributed by atoms with E-state index in [1.165, 1.54) is 43.7 Å². The van der Waals surface area contributed by atoms with Gasteiger partial charge >= 0.3 is 0 Å². The normalized spacial score (nSPS) is 11.6. The molecule has 0 saturated carbocycles. The monoisotopic (exact) mass is 1350 g/mol. The van der Waals surface area contributed by atoms with E-state index < -0.39 is 0 Å². The van der Waals surface area contributed by atoms with Gasteiger partial charge in [-0.15, -0.1) is 0 Å². The van der Waals surface area contributed by atoms with Gasteiger partial charge in [-0.1, -0.05) is 297 Å². The van der Waals surface area contributed by atoms with Crippen LogP contribution < -0.4 is 0 Å². The zero-order valence-electron chi connectivity index (χ0n) is 57.3. The molecule has 0 unspecified atom stereocenters. The number of aromatic nitrogens is 10. The van der Waals surface area contributed by atoms with Gasteiger partial charge in [0.25, 0.3) is 0 Å². The van der Waals surface area contributed by atoms with Crippen molar-refractivity contribution in [2.45, 2.75) is 0 Å². The summed E-state index contributed by atoms with van der Waals surface area (Å²) >= 11 is 0. The third-order valence-electron chi connectivity index (χ3n) is 20.4. The molecule has 0 fully saturated rings. The standard InChI is InChI=1S/C51H33N5.C45H29N5/c1-4-14-34(15-5-1)36-24-28-38(29-25-36)49-52-50(39-30-26-37(27-31-39)35-16-6-2-7-17-35)54-51(53-49)56-46-23-13-11-21-42(46)44-32-47-43(33-48(44)56)41-20-10-12-22-45(41)55(47)40-18-8-3-9-19-40;1-4-15-30(16-5-1)32-19-14-20-33(27-32)44-46-43(31-17-6-2-7-18-31)47-45(48-44)50-40-26-13-11-24-36(40)38-28-41-37(29-42(38)50)35-23-10-12-25-39(35)49(41)34-21-8-3-9-22-34/h1-33H;1-29H. The first-order valence-electron chi connectivity index (χ1n) is 35.7. The van der Waals surface area contributed by atoms with Crippen molar-refractivity contribution in [3.05, 3.63) is 376 Å². The smallest absolute Gasteiger partial charge is 0.238 e. The minimum absolute atomic E-state index is 0.571. The third-order valence-corrected chi connectivity index (χ3v) is 20.4. The Morgan fingerprint density at radius 2 is 0.377 bits per heavy atom. The van der Waals surface area contributed by atoms with Crippen molar-refractivity contribution < 1.29 is 0 Å². The van der Waals surface area contributed by atoms with E-state index >= 15 is 0 Å². The van der Waals surface area contributed by atoms with Crippen molar-refractivity contribution in [2.24, 2.45) is 0 Å². The van der Waals surface area contributed by atoms with E-state index in [0.29, 0.717) is 35.2 Å². The van der Waals surface area contributed by atoms with Crippen LogP contribution in [0.4, 0.5) is 0 Å². The Labute approximate surface area is 610 Å². The summed E-state index contributed by atoms with van der Waals surface area (Å²) < 4.78 is 9.15. The van der Waals surface area contributed by atoms with Gasteiger partial charge in [0.05, 0.1) is 44.1 Å². The first kappa shape index (κ1) is 61.4. The summed E-state index contributed by atoms with van der Waals surface area (Å²) in [6.07, 6.45) is 0. The fourth-order valence-corrected chi connectivity index (χ4v) is 15.4. The zero-order valence-corrected chi connectivity index (χ0v) is 57.3. The highest BCUT2D eigenvalue weighted by Crippen LogP contribution is 2.43. The maximum absolute atomic E-state index is 5.27. The van der Waals surface area contributed by atoms with Crippen LogP contribution in [0.1, 0.15) is 0 Å². The van der Waals surface area contributed by atoms with Crippen molar-refractivity contribution in [1.82, 2.24) is 48.2 Å². The van der Waals surface area contributed by atoms with Crippen LogP contribution in [0.25, 0.3) is 189 Å². The molecule has 0 atom stereocenters. The van der Waals surface area contributed by atoms with E-state index in [1.54, 1.807) is 0 Å². The Morgan fingerprint density at radius 3 is 0.736 bits per heavy atom. The molecular formula is C96H62N10. The lowest BCUT2D eigenvalue weighted by Gasteiger charge is -2.12. The van der Waals surface area contributed by atoms with Crippen LogP contribution in [-0.2, 0) is 0 Å². The summed E-state index contributed by atoms with van der Waals surface area (Å²) in [5.74, 6) is 3.63. The van der Waals surface area contributed by atoms with Gasteiger partial charge in [-0.2, -0.15) is 19.9 Å². The molecule has 15 aromatic carbocycles. The minimum atomic E-state index is 0.571. The van der Waals surface area contributed by atoms with Crippen LogP contribution in [0.3, 0.4) is 0 Å². The highest BCUT2D eigenvalue weighted by molar-refractivity contribution is 6.20. The van der Waals surface area contributed by atoms with Gasteiger partial charge in [0, 0.05) is 76.7 Å². The number of para-hydroxylation sites is 6.